The molecule has 2 aliphatic rings. The molecule has 0 amide bonds. The van der Waals surface area contributed by atoms with Crippen molar-refractivity contribution in [1.29, 1.82) is 0 Å². The van der Waals surface area contributed by atoms with Crippen molar-refractivity contribution in [2.75, 3.05) is 0 Å². The lowest BCUT2D eigenvalue weighted by molar-refractivity contribution is 0.228. The number of rotatable bonds is 0. The van der Waals surface area contributed by atoms with Crippen molar-refractivity contribution >= 4 is 22.6 Å². The summed E-state index contributed by atoms with van der Waals surface area (Å²) in [7, 11) is 0. The van der Waals surface area contributed by atoms with Gasteiger partial charge in [-0.3, -0.25) is 0 Å². The standard InChI is InChI=1S/C9H15I/c10-9-5-1-3-8(7-9)4-2-6-9/h8H,1-7H2. The third kappa shape index (κ3) is 1.34. The minimum absolute atomic E-state index is 0.749. The Labute approximate surface area is 76.9 Å². The molecule has 2 bridgehead atoms. The Morgan fingerprint density at radius 1 is 1.10 bits per heavy atom. The van der Waals surface area contributed by atoms with Gasteiger partial charge in [-0.05, 0) is 25.2 Å². The van der Waals surface area contributed by atoms with Gasteiger partial charge in [-0.15, -0.1) is 0 Å². The Kier molecular flexibility index (Phi) is 1.96. The Hall–Kier alpha value is 0.730. The smallest absolute Gasteiger partial charge is 0.0225 e. The molecule has 0 spiro atoms. The first kappa shape index (κ1) is 7.38. The van der Waals surface area contributed by atoms with Crippen LogP contribution >= 0.6 is 22.6 Å². The third-order valence-corrected chi connectivity index (χ3v) is 4.65. The number of alkyl halides is 1. The first-order valence-electron chi connectivity index (χ1n) is 4.47. The van der Waals surface area contributed by atoms with Gasteiger partial charge < -0.3 is 0 Å². The lowest BCUT2D eigenvalue weighted by Crippen LogP contribution is -2.32. The summed E-state index contributed by atoms with van der Waals surface area (Å²) < 4.78 is 0.749. The van der Waals surface area contributed by atoms with E-state index in [0.29, 0.717) is 0 Å². The molecule has 0 aliphatic heterocycles. The van der Waals surface area contributed by atoms with Gasteiger partial charge in [0.05, 0.1) is 0 Å². The zero-order chi connectivity index (χ0) is 7.03. The van der Waals surface area contributed by atoms with Gasteiger partial charge in [0.1, 0.15) is 0 Å². The van der Waals surface area contributed by atoms with Gasteiger partial charge in [0, 0.05) is 3.42 Å². The van der Waals surface area contributed by atoms with Gasteiger partial charge in [0.15, 0.2) is 0 Å². The minimum Gasteiger partial charge on any atom is -0.0789 e. The second kappa shape index (κ2) is 2.65. The fourth-order valence-electron chi connectivity index (χ4n) is 2.61. The molecule has 0 N–H and O–H groups in total. The fourth-order valence-corrected chi connectivity index (χ4v) is 4.00. The van der Waals surface area contributed by atoms with Gasteiger partial charge in [-0.25, -0.2) is 0 Å². The van der Waals surface area contributed by atoms with E-state index in [1.54, 1.807) is 0 Å². The average molecular weight is 250 g/mol. The molecule has 0 unspecified atom stereocenters. The van der Waals surface area contributed by atoms with E-state index in [-0.39, 0.29) is 0 Å². The Bertz CT molecular complexity index is 121. The molecule has 10 heavy (non-hydrogen) atoms. The molecule has 2 fully saturated rings. The van der Waals surface area contributed by atoms with Crippen molar-refractivity contribution in [3.8, 4) is 0 Å². The van der Waals surface area contributed by atoms with Crippen LogP contribution in [0.3, 0.4) is 0 Å². The summed E-state index contributed by atoms with van der Waals surface area (Å²) in [6.45, 7) is 0. The summed E-state index contributed by atoms with van der Waals surface area (Å²) in [5.74, 6) is 1.11. The van der Waals surface area contributed by atoms with Crippen molar-refractivity contribution in [2.24, 2.45) is 5.92 Å². The molecule has 2 rings (SSSR count). The van der Waals surface area contributed by atoms with Crippen molar-refractivity contribution in [3.05, 3.63) is 0 Å². The van der Waals surface area contributed by atoms with Gasteiger partial charge in [-0.2, -0.15) is 0 Å². The summed E-state index contributed by atoms with van der Waals surface area (Å²) in [6, 6.07) is 0. The lowest BCUT2D eigenvalue weighted by atomic mass is 9.72. The third-order valence-electron chi connectivity index (χ3n) is 3.13. The molecule has 2 aliphatic carbocycles. The average Bonchev–Trinajstić information content (AvgIpc) is 1.86. The highest BCUT2D eigenvalue weighted by atomic mass is 127. The molecular weight excluding hydrogens is 235 g/mol. The summed E-state index contributed by atoms with van der Waals surface area (Å²) in [5, 5.41) is 0. The molecule has 0 saturated heterocycles. The Morgan fingerprint density at radius 3 is 2.10 bits per heavy atom. The van der Waals surface area contributed by atoms with Crippen LogP contribution in [0.5, 0.6) is 0 Å². The summed E-state index contributed by atoms with van der Waals surface area (Å²) in [4.78, 5) is 0. The normalized spacial score (nSPS) is 47.1. The summed E-state index contributed by atoms with van der Waals surface area (Å²) in [6.07, 6.45) is 10.6. The van der Waals surface area contributed by atoms with Gasteiger partial charge in [0.2, 0.25) is 0 Å². The maximum atomic E-state index is 2.72. The van der Waals surface area contributed by atoms with E-state index in [1.807, 2.05) is 0 Å². The van der Waals surface area contributed by atoms with E-state index in [4.69, 9.17) is 0 Å². The SMILES string of the molecule is IC12CCCC(CCC1)C2. The summed E-state index contributed by atoms with van der Waals surface area (Å²) in [5.41, 5.74) is 0. The number of halogens is 1. The van der Waals surface area contributed by atoms with Crippen LogP contribution in [0, 0.1) is 5.92 Å². The van der Waals surface area contributed by atoms with Crippen LogP contribution in [-0.4, -0.2) is 3.42 Å². The number of hydrogen-bond acceptors (Lipinski definition) is 0. The first-order chi connectivity index (χ1) is 4.79. The molecule has 0 nitrogen and oxygen atoms in total. The largest absolute Gasteiger partial charge is 0.0789 e. The van der Waals surface area contributed by atoms with E-state index in [1.165, 1.54) is 44.9 Å². The van der Waals surface area contributed by atoms with Gasteiger partial charge in [0.25, 0.3) is 0 Å². The second-order valence-corrected chi connectivity index (χ2v) is 6.29. The first-order valence-corrected chi connectivity index (χ1v) is 5.55. The minimum atomic E-state index is 0.749. The van der Waals surface area contributed by atoms with E-state index in [2.05, 4.69) is 22.6 Å². The highest BCUT2D eigenvalue weighted by Gasteiger charge is 2.36. The Balaban J connectivity index is 2.07. The lowest BCUT2D eigenvalue weighted by Gasteiger charge is -2.41. The van der Waals surface area contributed by atoms with Crippen molar-refractivity contribution in [3.63, 3.8) is 0 Å². The van der Waals surface area contributed by atoms with Gasteiger partial charge in [-0.1, -0.05) is 48.3 Å². The van der Waals surface area contributed by atoms with Crippen LogP contribution in [0.2, 0.25) is 0 Å². The molecule has 0 aromatic heterocycles. The van der Waals surface area contributed by atoms with Crippen LogP contribution in [0.25, 0.3) is 0 Å². The molecule has 0 aromatic rings. The van der Waals surface area contributed by atoms with Crippen molar-refractivity contribution in [2.45, 2.75) is 48.4 Å². The fraction of sp³-hybridized carbons (Fsp3) is 1.00. The number of fused-ring (bicyclic) bond motifs is 2. The maximum Gasteiger partial charge on any atom is 0.0225 e. The predicted octanol–water partition coefficient (Wildman–Crippen LogP) is 3.53. The highest BCUT2D eigenvalue weighted by Crippen LogP contribution is 2.48. The zero-order valence-corrected chi connectivity index (χ0v) is 8.56. The molecule has 0 atom stereocenters. The predicted molar refractivity (Wildman–Crippen MR) is 52.6 cm³/mol. The number of hydrogen-bond donors (Lipinski definition) is 0. The highest BCUT2D eigenvalue weighted by molar-refractivity contribution is 14.1. The maximum absolute atomic E-state index is 2.72. The van der Waals surface area contributed by atoms with E-state index in [9.17, 15) is 0 Å². The van der Waals surface area contributed by atoms with Crippen LogP contribution in [0.4, 0.5) is 0 Å². The molecule has 1 heteroatoms. The molecule has 2 saturated carbocycles. The second-order valence-electron chi connectivity index (χ2n) is 4.01. The van der Waals surface area contributed by atoms with Crippen LogP contribution in [-0.2, 0) is 0 Å². The summed E-state index contributed by atoms with van der Waals surface area (Å²) >= 11 is 2.72. The zero-order valence-electron chi connectivity index (χ0n) is 6.41. The quantitative estimate of drug-likeness (QED) is 0.455. The molecule has 0 radical (unpaired) electrons. The molecular formula is C9H15I. The van der Waals surface area contributed by atoms with Crippen LogP contribution in [0.15, 0.2) is 0 Å². The molecule has 0 heterocycles. The van der Waals surface area contributed by atoms with E-state index < -0.39 is 0 Å². The van der Waals surface area contributed by atoms with E-state index in [0.717, 1.165) is 9.34 Å². The monoisotopic (exact) mass is 250 g/mol. The topological polar surface area (TPSA) is 0 Å². The van der Waals surface area contributed by atoms with Gasteiger partial charge >= 0.3 is 0 Å². The molecule has 58 valence electrons. The molecule has 0 aromatic carbocycles. The van der Waals surface area contributed by atoms with Crippen LogP contribution in [0.1, 0.15) is 44.9 Å². The van der Waals surface area contributed by atoms with Crippen molar-refractivity contribution < 1.29 is 0 Å². The van der Waals surface area contributed by atoms with Crippen LogP contribution < -0.4 is 0 Å². The Morgan fingerprint density at radius 2 is 1.70 bits per heavy atom. The van der Waals surface area contributed by atoms with E-state index >= 15 is 0 Å². The van der Waals surface area contributed by atoms with Crippen molar-refractivity contribution in [1.82, 2.24) is 0 Å².